The SMILES string of the molecule is BC(=O)NC(B)=O. The van der Waals surface area contributed by atoms with Gasteiger partial charge in [0.15, 0.2) is 11.6 Å². The van der Waals surface area contributed by atoms with Crippen LogP contribution in [0.5, 0.6) is 0 Å². The van der Waals surface area contributed by atoms with Crippen molar-refractivity contribution in [1.82, 2.24) is 5.32 Å². The summed E-state index contributed by atoms with van der Waals surface area (Å²) in [6.45, 7) is 0. The van der Waals surface area contributed by atoms with Gasteiger partial charge in [0.2, 0.25) is 15.7 Å². The number of hydrogen-bond acceptors (Lipinski definition) is 2. The second-order valence-electron chi connectivity index (χ2n) is 1.24. The molecule has 7 heavy (non-hydrogen) atoms. The molecule has 1 N–H and O–H groups in total. The highest BCUT2D eigenvalue weighted by Crippen LogP contribution is 1.57. The van der Waals surface area contributed by atoms with Crippen LogP contribution in [0, 0.1) is 0 Å². The van der Waals surface area contributed by atoms with Gasteiger partial charge in [0.25, 0.3) is 0 Å². The Kier molecular flexibility index (Phi) is 2.19. The zero-order valence-corrected chi connectivity index (χ0v) is 4.32. The molecule has 0 heterocycles. The maximum Gasteiger partial charge on any atom is 0.216 e. The molecule has 5 heteroatoms. The van der Waals surface area contributed by atoms with E-state index < -0.39 is 0 Å². The van der Waals surface area contributed by atoms with E-state index in [-0.39, 0.29) is 11.6 Å². The Hall–Kier alpha value is -0.730. The van der Waals surface area contributed by atoms with Crippen LogP contribution in [0.15, 0.2) is 0 Å². The van der Waals surface area contributed by atoms with Gasteiger partial charge in [-0.3, -0.25) is 9.59 Å². The lowest BCUT2D eigenvalue weighted by molar-refractivity contribution is 0.249. The van der Waals surface area contributed by atoms with E-state index >= 15 is 0 Å². The lowest BCUT2D eigenvalue weighted by Crippen LogP contribution is -2.27. The first-order valence-electron chi connectivity index (χ1n) is 1.91. The summed E-state index contributed by atoms with van der Waals surface area (Å²) < 4.78 is 0. The first-order chi connectivity index (χ1) is 3.13. The smallest absolute Gasteiger partial charge is 0.216 e. The molecule has 0 saturated carbocycles. The van der Waals surface area contributed by atoms with Gasteiger partial charge in [-0.2, -0.15) is 0 Å². The Bertz CT molecular complexity index is 89.9. The van der Waals surface area contributed by atoms with Gasteiger partial charge in [0, 0.05) is 0 Å². The van der Waals surface area contributed by atoms with Crippen molar-refractivity contribution >= 4 is 27.3 Å². The topological polar surface area (TPSA) is 46.2 Å². The molecule has 0 bridgehead atoms. The van der Waals surface area contributed by atoms with Crippen LogP contribution in [0.25, 0.3) is 0 Å². The van der Waals surface area contributed by atoms with Crippen molar-refractivity contribution in [1.29, 1.82) is 0 Å². The third-order valence-electron chi connectivity index (χ3n) is 0.352. The Morgan fingerprint density at radius 1 is 1.14 bits per heavy atom. The minimum Gasteiger partial charge on any atom is -0.315 e. The van der Waals surface area contributed by atoms with Gasteiger partial charge < -0.3 is 5.32 Å². The molecule has 0 atom stereocenters. The highest BCUT2D eigenvalue weighted by Gasteiger charge is 1.90. The maximum atomic E-state index is 9.92. The van der Waals surface area contributed by atoms with Crippen LogP contribution in [-0.4, -0.2) is 27.3 Å². The van der Waals surface area contributed by atoms with Gasteiger partial charge in [0.05, 0.1) is 0 Å². The summed E-state index contributed by atoms with van der Waals surface area (Å²) in [4.78, 5) is 19.8. The number of carbonyl (C=O) groups excluding carboxylic acids is 2. The fourth-order valence-electron chi connectivity index (χ4n) is 0.248. The molecule has 0 fully saturated rings. The van der Waals surface area contributed by atoms with Gasteiger partial charge in [-0.1, -0.05) is 0 Å². The summed E-state index contributed by atoms with van der Waals surface area (Å²) in [5, 5.41) is 2.03. The van der Waals surface area contributed by atoms with Crippen molar-refractivity contribution in [2.45, 2.75) is 0 Å². The maximum absolute atomic E-state index is 9.92. The van der Waals surface area contributed by atoms with Crippen LogP contribution in [0.1, 0.15) is 0 Å². The Balaban J connectivity index is 3.32. The zero-order valence-electron chi connectivity index (χ0n) is 4.32. The Morgan fingerprint density at radius 2 is 1.43 bits per heavy atom. The second-order valence-corrected chi connectivity index (χ2v) is 1.24. The highest BCUT2D eigenvalue weighted by atomic mass is 16.2. The Labute approximate surface area is 43.3 Å². The van der Waals surface area contributed by atoms with Gasteiger partial charge in [-0.15, -0.1) is 0 Å². The normalized spacial score (nSPS) is 7.43. The highest BCUT2D eigenvalue weighted by molar-refractivity contribution is 6.65. The van der Waals surface area contributed by atoms with E-state index in [1.54, 1.807) is 0 Å². The largest absolute Gasteiger partial charge is 0.315 e. The molecule has 3 nitrogen and oxygen atoms in total. The molecule has 0 unspecified atom stereocenters. The minimum absolute atomic E-state index is 0.312. The van der Waals surface area contributed by atoms with Crippen molar-refractivity contribution in [3.8, 4) is 0 Å². The molecule has 0 radical (unpaired) electrons. The summed E-state index contributed by atoms with van der Waals surface area (Å²) in [7, 11) is 2.59. The van der Waals surface area contributed by atoms with E-state index in [9.17, 15) is 9.59 Å². The van der Waals surface area contributed by atoms with Crippen LogP contribution in [-0.2, 0) is 0 Å². The molecular formula is C2H5B2NO2. The average Bonchev–Trinajstić information content (AvgIpc) is 1.27. The first-order valence-corrected chi connectivity index (χ1v) is 1.91. The minimum atomic E-state index is -0.312. The molecule has 0 aromatic rings. The van der Waals surface area contributed by atoms with Crippen LogP contribution < -0.4 is 5.32 Å². The standard InChI is InChI=1S/C2H5B2NO2/c3-1(6)5-2(4)7/h3-4H2,(H,5,6,7). The van der Waals surface area contributed by atoms with E-state index in [1.807, 2.05) is 5.32 Å². The molecule has 0 spiro atoms. The van der Waals surface area contributed by atoms with E-state index in [4.69, 9.17) is 0 Å². The molecule has 0 aliphatic heterocycles. The molecule has 0 rings (SSSR count). The summed E-state index contributed by atoms with van der Waals surface area (Å²) in [5.41, 5.74) is 0. The van der Waals surface area contributed by atoms with Crippen LogP contribution in [0.4, 0.5) is 9.59 Å². The summed E-state index contributed by atoms with van der Waals surface area (Å²) in [6.07, 6.45) is 0. The third-order valence-corrected chi connectivity index (χ3v) is 0.352. The van der Waals surface area contributed by atoms with Crippen LogP contribution in [0.3, 0.4) is 0 Å². The fraction of sp³-hybridized carbons (Fsp3) is 0. The number of nitrogens with one attached hydrogen (secondary N) is 1. The molecule has 0 aromatic carbocycles. The molecule has 36 valence electrons. The molecule has 2 amide bonds. The second kappa shape index (κ2) is 2.44. The van der Waals surface area contributed by atoms with Gasteiger partial charge in [0.1, 0.15) is 0 Å². The van der Waals surface area contributed by atoms with Crippen molar-refractivity contribution in [3.05, 3.63) is 0 Å². The Morgan fingerprint density at radius 3 is 1.43 bits per heavy atom. The summed E-state index contributed by atoms with van der Waals surface area (Å²) in [6, 6.07) is 0. The molecule has 0 saturated heterocycles. The lowest BCUT2D eigenvalue weighted by Gasteiger charge is -1.89. The predicted molar refractivity (Wildman–Crippen MR) is 31.0 cm³/mol. The van der Waals surface area contributed by atoms with Gasteiger partial charge >= 0.3 is 0 Å². The number of hydrogen-bond donors (Lipinski definition) is 1. The van der Waals surface area contributed by atoms with Crippen LogP contribution in [0.2, 0.25) is 0 Å². The van der Waals surface area contributed by atoms with Crippen molar-refractivity contribution in [2.75, 3.05) is 0 Å². The molecule has 0 aliphatic carbocycles. The van der Waals surface area contributed by atoms with E-state index in [2.05, 4.69) is 0 Å². The summed E-state index contributed by atoms with van der Waals surface area (Å²) in [5.74, 6) is -0.625. The first kappa shape index (κ1) is 6.27. The molecule has 0 aromatic heterocycles. The lowest BCUT2D eigenvalue weighted by atomic mass is 10.1. The zero-order chi connectivity index (χ0) is 5.86. The number of rotatable bonds is 0. The van der Waals surface area contributed by atoms with Crippen molar-refractivity contribution < 1.29 is 9.59 Å². The molecular weight excluding hydrogens is 91.7 g/mol. The summed E-state index contributed by atoms with van der Waals surface area (Å²) >= 11 is 0. The number of imide groups is 1. The van der Waals surface area contributed by atoms with E-state index in [0.29, 0.717) is 0 Å². The average molecular weight is 96.7 g/mol. The molecule has 0 aliphatic rings. The number of amides is 2. The van der Waals surface area contributed by atoms with Crippen molar-refractivity contribution in [3.63, 3.8) is 0 Å². The van der Waals surface area contributed by atoms with E-state index in [0.717, 1.165) is 0 Å². The van der Waals surface area contributed by atoms with Crippen molar-refractivity contribution in [2.24, 2.45) is 0 Å². The third kappa shape index (κ3) is 5.27. The quantitative estimate of drug-likeness (QED) is 0.358. The number of carbonyl (C=O) groups is 2. The van der Waals surface area contributed by atoms with E-state index in [1.165, 1.54) is 15.7 Å². The van der Waals surface area contributed by atoms with Crippen LogP contribution >= 0.6 is 0 Å². The van der Waals surface area contributed by atoms with Gasteiger partial charge in [-0.25, -0.2) is 0 Å². The fourth-order valence-corrected chi connectivity index (χ4v) is 0.248. The predicted octanol–water partition coefficient (Wildman–Crippen LogP) is -1.92. The monoisotopic (exact) mass is 97.1 g/mol. The van der Waals surface area contributed by atoms with Gasteiger partial charge in [-0.05, 0) is 0 Å².